The summed E-state index contributed by atoms with van der Waals surface area (Å²) in [5.41, 5.74) is -0.295. The van der Waals surface area contributed by atoms with Gasteiger partial charge in [-0.1, -0.05) is 0 Å². The number of aromatic nitrogens is 4. The molecule has 3 amide bonds. The Labute approximate surface area is 225 Å². The normalized spacial score (nSPS) is 11.8. The fourth-order valence-corrected chi connectivity index (χ4v) is 3.23. The molecule has 1 unspecified atom stereocenters. The van der Waals surface area contributed by atoms with Crippen molar-refractivity contribution < 1.29 is 43.2 Å². The van der Waals surface area contributed by atoms with Crippen LogP contribution in [0.15, 0.2) is 12.7 Å². The van der Waals surface area contributed by atoms with Crippen molar-refractivity contribution in [2.75, 3.05) is 58.6 Å². The molecule has 16 nitrogen and oxygen atoms in total. The Kier molecular flexibility index (Phi) is 13.4. The molecular formula is C23H34FmN7O9-. The van der Waals surface area contributed by atoms with Crippen molar-refractivity contribution in [2.24, 2.45) is 0 Å². The van der Waals surface area contributed by atoms with Crippen LogP contribution in [0.2, 0.25) is 0 Å². The molecular weight excluding hydrogens is 775 g/mol. The number of amides is 3. The van der Waals surface area contributed by atoms with Gasteiger partial charge in [-0.3, -0.25) is 14.9 Å². The van der Waals surface area contributed by atoms with E-state index >= 15 is 0 Å². The first-order valence-corrected chi connectivity index (χ1v) is 12.0. The second-order valence-electron chi connectivity index (χ2n) is 9.19. The topological polar surface area (TPSA) is 196 Å². The maximum atomic E-state index is 13.1. The average molecular weight is 810 g/mol. The van der Waals surface area contributed by atoms with Crippen LogP contribution in [0, 0.1) is 0 Å². The van der Waals surface area contributed by atoms with Crippen LogP contribution < -0.4 is 10.6 Å². The molecule has 0 saturated carbocycles. The predicted molar refractivity (Wildman–Crippen MR) is 136 cm³/mol. The number of carboxylic acid groups (broad SMARTS) is 1. The quantitative estimate of drug-likeness (QED) is 0.108. The maximum Gasteiger partial charge on any atom is 0.413 e. The molecule has 0 aromatic carbocycles. The molecule has 0 fully saturated rings. The van der Waals surface area contributed by atoms with Gasteiger partial charge in [0.25, 0.3) is 0 Å². The van der Waals surface area contributed by atoms with Crippen molar-refractivity contribution in [1.82, 2.24) is 29.7 Å². The molecule has 2 heterocycles. The molecule has 2 aromatic rings. The van der Waals surface area contributed by atoms with E-state index in [1.807, 2.05) is 0 Å². The number of aliphatic carboxylic acids is 1. The number of fused-ring (bicyclic) bond motifs is 1. The molecule has 0 aliphatic heterocycles. The second-order valence-corrected chi connectivity index (χ2v) is 9.19. The van der Waals surface area contributed by atoms with Crippen LogP contribution in [0.25, 0.3) is 11.2 Å². The minimum Gasteiger partial charge on any atom is -0.524 e. The Morgan fingerprint density at radius 1 is 1.12 bits per heavy atom. The number of carbonyl (C=O) groups is 3. The first kappa shape index (κ1) is 33.1. The number of hydrogen-bond acceptors (Lipinski definition) is 11. The van der Waals surface area contributed by atoms with Gasteiger partial charge in [-0.2, -0.15) is 6.41 Å². The summed E-state index contributed by atoms with van der Waals surface area (Å²) in [5, 5.41) is 14.3. The molecule has 17 heteroatoms. The summed E-state index contributed by atoms with van der Waals surface area (Å²) in [5.74, 6) is -1.75. The number of nitrogens with one attached hydrogen (secondary N) is 2. The van der Waals surface area contributed by atoms with Crippen LogP contribution in [0.1, 0.15) is 20.8 Å². The molecule has 3 N–H and O–H groups in total. The fraction of sp³-hybridized carbons (Fsp3) is 0.609. The van der Waals surface area contributed by atoms with Gasteiger partial charge in [-0.05, 0) is 20.8 Å². The zero-order valence-corrected chi connectivity index (χ0v) is 25.0. The van der Waals surface area contributed by atoms with Crippen molar-refractivity contribution in [3.8, 4) is 0 Å². The van der Waals surface area contributed by atoms with Gasteiger partial charge >= 0.3 is 12.1 Å². The Balaban J connectivity index is 0.00000800. The van der Waals surface area contributed by atoms with Gasteiger partial charge in [-0.25, -0.2) is 19.7 Å². The molecule has 0 saturated heterocycles. The summed E-state index contributed by atoms with van der Waals surface area (Å²) < 4.78 is 22.3. The second kappa shape index (κ2) is 16.2. The zero-order chi connectivity index (χ0) is 28.8. The van der Waals surface area contributed by atoms with E-state index in [9.17, 15) is 24.3 Å². The minimum atomic E-state index is -1.24. The number of ether oxygens (including phenoxy) is 4. The van der Waals surface area contributed by atoms with E-state index in [0.29, 0.717) is 19.8 Å². The van der Waals surface area contributed by atoms with E-state index in [1.54, 1.807) is 34.3 Å². The Morgan fingerprint density at radius 2 is 1.82 bits per heavy atom. The van der Waals surface area contributed by atoms with Gasteiger partial charge in [0, 0.05) is 19.7 Å². The monoisotopic (exact) mass is 809 g/mol. The van der Waals surface area contributed by atoms with Gasteiger partial charge in [0.2, 0.25) is 5.91 Å². The van der Waals surface area contributed by atoms with Crippen molar-refractivity contribution in [3.05, 3.63) is 12.7 Å². The summed E-state index contributed by atoms with van der Waals surface area (Å²) in [6.07, 6.45) is 3.31. The maximum absolute atomic E-state index is 13.1. The largest absolute Gasteiger partial charge is 0.524 e. The van der Waals surface area contributed by atoms with Gasteiger partial charge in [0.15, 0.2) is 17.0 Å². The molecule has 40 heavy (non-hydrogen) atoms. The summed E-state index contributed by atoms with van der Waals surface area (Å²) in [7, 11) is 1.56. The van der Waals surface area contributed by atoms with E-state index < -0.39 is 36.2 Å². The third kappa shape index (κ3) is 11.2. The molecule has 0 radical (unpaired) electrons. The van der Waals surface area contributed by atoms with E-state index in [-0.39, 0.29) is 43.3 Å². The number of imidazole rings is 1. The molecule has 0 aliphatic carbocycles. The number of rotatable bonds is 17. The van der Waals surface area contributed by atoms with Crippen LogP contribution in [0.4, 0.5) is 10.6 Å². The van der Waals surface area contributed by atoms with Crippen LogP contribution in [0.3, 0.4) is 0 Å². The number of anilines is 1. The summed E-state index contributed by atoms with van der Waals surface area (Å²) in [6.45, 7) is 5.38. The SMILES string of the molecule is COCCOCCOCC(CN(CC(=O)O)C(=O)Cn1cnc2c(NC(=O)OC(C)(C)C)ncnc21)N[C-]=O.[Fm]. The van der Waals surface area contributed by atoms with E-state index in [4.69, 9.17) is 18.9 Å². The third-order valence-electron chi connectivity index (χ3n) is 4.83. The molecule has 1 atom stereocenters. The van der Waals surface area contributed by atoms with Crippen molar-refractivity contribution in [1.29, 1.82) is 0 Å². The molecule has 2 aromatic heterocycles. The third-order valence-corrected chi connectivity index (χ3v) is 4.83. The van der Waals surface area contributed by atoms with Crippen molar-refractivity contribution in [2.45, 2.75) is 39.0 Å². The van der Waals surface area contributed by atoms with Crippen LogP contribution in [-0.2, 0) is 39.9 Å². The van der Waals surface area contributed by atoms with Gasteiger partial charge < -0.3 is 43.6 Å². The smallest absolute Gasteiger partial charge is 0.413 e. The number of carboxylic acids is 1. The standard InChI is InChI=1S/C23H34N7O9.Fm/c1-23(2,3)39-22(35)28-20-19-21(25-13-24-20)30(14-26-19)10-17(32)29(11-18(33)34)9-16(27-15-31)12-38-8-7-37-6-5-36-4;/h13-14,16H,5-12H2,1-4H3,(H,27,31)(H,33,34)(H,24,25,28,35);/q-1;. The number of nitrogens with zero attached hydrogens (tertiary/aromatic N) is 5. The van der Waals surface area contributed by atoms with Crippen LogP contribution in [-0.4, -0.2) is 119 Å². The molecule has 0 spiro atoms. The van der Waals surface area contributed by atoms with Gasteiger partial charge in [0.05, 0.1) is 39.4 Å². The molecule has 0 aliphatic rings. The first-order valence-electron chi connectivity index (χ1n) is 12.0. The average Bonchev–Trinajstić information content (AvgIpc) is 3.25. The molecule has 0 bridgehead atoms. The van der Waals surface area contributed by atoms with Gasteiger partial charge in [-0.15, -0.1) is 0 Å². The number of carbonyl (C=O) groups excluding carboxylic acids is 3. The van der Waals surface area contributed by atoms with Crippen molar-refractivity contribution in [3.63, 3.8) is 0 Å². The fourth-order valence-electron chi connectivity index (χ4n) is 3.23. The Morgan fingerprint density at radius 3 is 2.48 bits per heavy atom. The number of methoxy groups -OCH3 is 1. The van der Waals surface area contributed by atoms with E-state index in [1.165, 1.54) is 17.2 Å². The van der Waals surface area contributed by atoms with Crippen LogP contribution >= 0.6 is 0 Å². The van der Waals surface area contributed by atoms with E-state index in [0.717, 1.165) is 4.90 Å². The summed E-state index contributed by atoms with van der Waals surface area (Å²) >= 11 is 0. The first-order chi connectivity index (χ1) is 18.5. The number of hydrogen-bond donors (Lipinski definition) is 3. The van der Waals surface area contributed by atoms with Crippen molar-refractivity contribution >= 4 is 41.4 Å². The Bertz CT molecular complexity index is 1110. The molecule has 2 rings (SSSR count). The predicted octanol–water partition coefficient (Wildman–Crippen LogP) is -0.208. The summed E-state index contributed by atoms with van der Waals surface area (Å²) in [4.78, 5) is 61.1. The van der Waals surface area contributed by atoms with Gasteiger partial charge in [0.1, 0.15) is 25.0 Å². The zero-order valence-electron chi connectivity index (χ0n) is 22.6. The summed E-state index contributed by atoms with van der Waals surface area (Å²) in [6, 6.07) is -0.726. The molecule has 228 valence electrons. The minimum absolute atomic E-state index is 0. The Hall–Kier alpha value is -4.89. The van der Waals surface area contributed by atoms with E-state index in [2.05, 4.69) is 25.6 Å². The van der Waals surface area contributed by atoms with Crippen LogP contribution in [0.5, 0.6) is 0 Å².